The van der Waals surface area contributed by atoms with Crippen LogP contribution in [-0.2, 0) is 4.79 Å². The highest BCUT2D eigenvalue weighted by molar-refractivity contribution is 6.32. The molecule has 1 saturated heterocycles. The molecular formula is C21H28ClNO3. The molecule has 2 aliphatic carbocycles. The van der Waals surface area contributed by atoms with Crippen LogP contribution in [0, 0.1) is 18.3 Å². The lowest BCUT2D eigenvalue weighted by molar-refractivity contribution is -0.164. The summed E-state index contributed by atoms with van der Waals surface area (Å²) in [7, 11) is 0. The van der Waals surface area contributed by atoms with Gasteiger partial charge in [0, 0.05) is 24.4 Å². The molecule has 3 fully saturated rings. The Bertz CT molecular complexity index is 693. The highest BCUT2D eigenvalue weighted by Gasteiger charge is 2.51. The van der Waals surface area contributed by atoms with Crippen LogP contribution in [0.4, 0.5) is 0 Å². The summed E-state index contributed by atoms with van der Waals surface area (Å²) in [5.74, 6) is 1.06. The molecule has 2 saturated carbocycles. The summed E-state index contributed by atoms with van der Waals surface area (Å²) in [5.41, 5.74) is 0.813. The summed E-state index contributed by atoms with van der Waals surface area (Å²) in [6.07, 6.45) is 5.69. The third-order valence-corrected chi connectivity index (χ3v) is 6.77. The highest BCUT2D eigenvalue weighted by atomic mass is 35.5. The predicted octanol–water partition coefficient (Wildman–Crippen LogP) is 3.96. The monoisotopic (exact) mass is 377 g/mol. The minimum atomic E-state index is -0.630. The lowest BCUT2D eigenvalue weighted by Crippen LogP contribution is -2.63. The van der Waals surface area contributed by atoms with Gasteiger partial charge in [0.25, 0.3) is 0 Å². The summed E-state index contributed by atoms with van der Waals surface area (Å²) < 4.78 is 6.15. The molecule has 142 valence electrons. The van der Waals surface area contributed by atoms with Gasteiger partial charge in [0.15, 0.2) is 0 Å². The van der Waals surface area contributed by atoms with Gasteiger partial charge < -0.3 is 14.7 Å². The first-order chi connectivity index (χ1) is 12.3. The van der Waals surface area contributed by atoms with Crippen LogP contribution in [0.15, 0.2) is 18.2 Å². The number of nitrogens with zero attached hydrogens (tertiary/aromatic N) is 1. The maximum absolute atomic E-state index is 12.5. The Morgan fingerprint density at radius 1 is 1.27 bits per heavy atom. The molecular weight excluding hydrogens is 350 g/mol. The van der Waals surface area contributed by atoms with Gasteiger partial charge >= 0.3 is 0 Å². The average Bonchev–Trinajstić information content (AvgIpc) is 2.54. The minimum Gasteiger partial charge on any atom is -0.489 e. The molecule has 1 aliphatic heterocycles. The summed E-state index contributed by atoms with van der Waals surface area (Å²) >= 11 is 6.25. The molecule has 1 aromatic rings. The number of aliphatic hydroxyl groups is 1. The van der Waals surface area contributed by atoms with Crippen LogP contribution in [0.5, 0.6) is 5.75 Å². The largest absolute Gasteiger partial charge is 0.489 e. The van der Waals surface area contributed by atoms with Crippen LogP contribution in [0.25, 0.3) is 0 Å². The van der Waals surface area contributed by atoms with Gasteiger partial charge in [-0.3, -0.25) is 4.79 Å². The Morgan fingerprint density at radius 3 is 2.54 bits per heavy atom. The van der Waals surface area contributed by atoms with Crippen molar-refractivity contribution in [1.29, 1.82) is 0 Å². The highest BCUT2D eigenvalue weighted by Crippen LogP contribution is 2.47. The Balaban J connectivity index is 1.26. The SMILES string of the molecule is Cc1ccc(Cl)c(OC2CCC3(CC2)CN(C(=O)[C@H]2C[C@@](C)(O)C2)C3)c1. The molecule has 1 amide bonds. The van der Waals surface area contributed by atoms with Crippen molar-refractivity contribution in [3.05, 3.63) is 28.8 Å². The second kappa shape index (κ2) is 6.42. The average molecular weight is 378 g/mol. The molecule has 1 aromatic carbocycles. The zero-order valence-electron chi connectivity index (χ0n) is 15.6. The number of amides is 1. The number of ether oxygens (including phenoxy) is 1. The molecule has 0 unspecified atom stereocenters. The van der Waals surface area contributed by atoms with Crippen molar-refractivity contribution in [3.63, 3.8) is 0 Å². The Morgan fingerprint density at radius 2 is 1.92 bits per heavy atom. The fraction of sp³-hybridized carbons (Fsp3) is 0.667. The third-order valence-electron chi connectivity index (χ3n) is 6.46. The van der Waals surface area contributed by atoms with E-state index < -0.39 is 5.60 Å². The molecule has 1 spiro atoms. The van der Waals surface area contributed by atoms with Crippen LogP contribution in [0.2, 0.25) is 5.02 Å². The summed E-state index contributed by atoms with van der Waals surface area (Å²) in [5, 5.41) is 10.5. The van der Waals surface area contributed by atoms with E-state index in [1.54, 1.807) is 0 Å². The van der Waals surface area contributed by atoms with Crippen LogP contribution in [-0.4, -0.2) is 40.7 Å². The molecule has 1 N–H and O–H groups in total. The maximum atomic E-state index is 12.5. The van der Waals surface area contributed by atoms with Gasteiger partial charge in [0.05, 0.1) is 16.7 Å². The molecule has 4 nitrogen and oxygen atoms in total. The summed E-state index contributed by atoms with van der Waals surface area (Å²) in [4.78, 5) is 14.5. The van der Waals surface area contributed by atoms with Crippen molar-refractivity contribution >= 4 is 17.5 Å². The first kappa shape index (κ1) is 18.1. The topological polar surface area (TPSA) is 49.8 Å². The summed E-state index contributed by atoms with van der Waals surface area (Å²) in [6, 6.07) is 5.89. The number of carbonyl (C=O) groups is 1. The molecule has 0 bridgehead atoms. The van der Waals surface area contributed by atoms with Crippen LogP contribution < -0.4 is 4.74 Å². The summed E-state index contributed by atoms with van der Waals surface area (Å²) in [6.45, 7) is 5.61. The van der Waals surface area contributed by atoms with E-state index >= 15 is 0 Å². The minimum absolute atomic E-state index is 0.0329. The second-order valence-electron chi connectivity index (χ2n) is 9.05. The zero-order valence-corrected chi connectivity index (χ0v) is 16.4. The number of rotatable bonds is 3. The number of halogens is 1. The van der Waals surface area contributed by atoms with Gasteiger partial charge in [-0.05, 0) is 70.1 Å². The van der Waals surface area contributed by atoms with Gasteiger partial charge in [-0.2, -0.15) is 0 Å². The van der Waals surface area contributed by atoms with E-state index in [1.807, 2.05) is 36.9 Å². The van der Waals surface area contributed by atoms with Crippen LogP contribution in [0.3, 0.4) is 0 Å². The van der Waals surface area contributed by atoms with Crippen molar-refractivity contribution in [2.45, 2.75) is 64.1 Å². The third kappa shape index (κ3) is 3.46. The van der Waals surface area contributed by atoms with E-state index in [1.165, 1.54) is 0 Å². The number of aryl methyl sites for hydroxylation is 1. The molecule has 5 heteroatoms. The fourth-order valence-corrected chi connectivity index (χ4v) is 5.03. The van der Waals surface area contributed by atoms with Gasteiger partial charge in [-0.1, -0.05) is 17.7 Å². The van der Waals surface area contributed by atoms with Crippen LogP contribution >= 0.6 is 11.6 Å². The molecule has 26 heavy (non-hydrogen) atoms. The van der Waals surface area contributed by atoms with E-state index in [2.05, 4.69) is 0 Å². The molecule has 0 aromatic heterocycles. The molecule has 0 atom stereocenters. The van der Waals surface area contributed by atoms with Gasteiger partial charge in [0.2, 0.25) is 5.91 Å². The quantitative estimate of drug-likeness (QED) is 0.867. The number of carbonyl (C=O) groups excluding carboxylic acids is 1. The number of hydrogen-bond acceptors (Lipinski definition) is 3. The molecule has 0 radical (unpaired) electrons. The molecule has 4 rings (SSSR count). The molecule has 1 heterocycles. The Labute approximate surface area is 160 Å². The zero-order chi connectivity index (χ0) is 18.5. The standard InChI is InChI=1S/C21H28ClNO3/c1-14-3-4-17(22)18(9-14)26-16-5-7-21(8-6-16)12-23(13-21)19(24)15-10-20(2,25)11-15/h3-4,9,15-16,25H,5-8,10-13H2,1-2H3/t15-,20+. The van der Waals surface area contributed by atoms with Crippen molar-refractivity contribution in [2.24, 2.45) is 11.3 Å². The fourth-order valence-electron chi connectivity index (χ4n) is 4.87. The van der Waals surface area contributed by atoms with Crippen molar-refractivity contribution in [2.75, 3.05) is 13.1 Å². The van der Waals surface area contributed by atoms with Crippen LogP contribution in [0.1, 0.15) is 51.0 Å². The van der Waals surface area contributed by atoms with Crippen molar-refractivity contribution < 1.29 is 14.6 Å². The van der Waals surface area contributed by atoms with Crippen molar-refractivity contribution in [3.8, 4) is 5.75 Å². The first-order valence-electron chi connectivity index (χ1n) is 9.69. The van der Waals surface area contributed by atoms with Gasteiger partial charge in [-0.15, -0.1) is 0 Å². The Hall–Kier alpha value is -1.26. The van der Waals surface area contributed by atoms with Gasteiger partial charge in [0.1, 0.15) is 5.75 Å². The number of likely N-dealkylation sites (tertiary alicyclic amines) is 1. The van der Waals surface area contributed by atoms with Gasteiger partial charge in [-0.25, -0.2) is 0 Å². The van der Waals surface area contributed by atoms with E-state index in [0.29, 0.717) is 17.9 Å². The Kier molecular flexibility index (Phi) is 4.47. The van der Waals surface area contributed by atoms with E-state index in [0.717, 1.165) is 50.1 Å². The maximum Gasteiger partial charge on any atom is 0.225 e. The first-order valence-corrected chi connectivity index (χ1v) is 10.1. The second-order valence-corrected chi connectivity index (χ2v) is 9.45. The van der Waals surface area contributed by atoms with Crippen molar-refractivity contribution in [1.82, 2.24) is 4.90 Å². The predicted molar refractivity (Wildman–Crippen MR) is 101 cm³/mol. The van der Waals surface area contributed by atoms with E-state index in [-0.39, 0.29) is 23.3 Å². The normalized spacial score (nSPS) is 30.6. The number of benzene rings is 1. The molecule has 3 aliphatic rings. The number of hydrogen-bond donors (Lipinski definition) is 1. The lowest BCUT2D eigenvalue weighted by Gasteiger charge is -2.55. The lowest BCUT2D eigenvalue weighted by atomic mass is 9.66. The van der Waals surface area contributed by atoms with E-state index in [9.17, 15) is 9.90 Å². The van der Waals surface area contributed by atoms with E-state index in [4.69, 9.17) is 16.3 Å². The smallest absolute Gasteiger partial charge is 0.225 e.